The van der Waals surface area contributed by atoms with E-state index in [9.17, 15) is 14.4 Å². The number of allylic oxidation sites excluding steroid dienone is 8. The number of ether oxygens (including phenoxy) is 3. The lowest BCUT2D eigenvalue weighted by molar-refractivity contribution is -0.167. The van der Waals surface area contributed by atoms with Crippen LogP contribution in [0.1, 0.15) is 284 Å². The van der Waals surface area contributed by atoms with Crippen molar-refractivity contribution in [1.29, 1.82) is 0 Å². The largest absolute Gasteiger partial charge is 0.462 e. The summed E-state index contributed by atoms with van der Waals surface area (Å²) in [7, 11) is 0. The molecule has 6 nitrogen and oxygen atoms in total. The molecule has 0 bridgehead atoms. The zero-order valence-corrected chi connectivity index (χ0v) is 42.6. The van der Waals surface area contributed by atoms with Gasteiger partial charge in [0.25, 0.3) is 0 Å². The molecule has 0 unspecified atom stereocenters. The first kappa shape index (κ1) is 61.4. The molecule has 0 aromatic heterocycles. The molecule has 0 spiro atoms. The number of carbonyl (C=O) groups excluding carboxylic acids is 3. The number of unbranched alkanes of at least 4 members (excludes halogenated alkanes) is 31. The van der Waals surface area contributed by atoms with Crippen LogP contribution in [0.3, 0.4) is 0 Å². The Morgan fingerprint density at radius 1 is 0.312 bits per heavy atom. The molecule has 0 aliphatic rings. The molecule has 0 fully saturated rings. The third kappa shape index (κ3) is 50.4. The maximum absolute atomic E-state index is 12.8. The molecule has 0 radical (unpaired) electrons. The van der Waals surface area contributed by atoms with Gasteiger partial charge < -0.3 is 14.2 Å². The highest BCUT2D eigenvalue weighted by Gasteiger charge is 2.19. The summed E-state index contributed by atoms with van der Waals surface area (Å²) < 4.78 is 16.8. The molecule has 372 valence electrons. The summed E-state index contributed by atoms with van der Waals surface area (Å²) in [6, 6.07) is 0. The van der Waals surface area contributed by atoms with E-state index < -0.39 is 6.10 Å². The molecule has 6 heteroatoms. The molecule has 0 aromatic carbocycles. The SMILES string of the molecule is CCCCC/C=C\C/C=C\CCCCCCCCCC(=O)OC[C@@H](COC(=O)CCCCCCCCCCCCCCCC)OC(=O)CCCCCCC/C=C\C/C=C\CCCCC. The second-order valence-electron chi connectivity index (χ2n) is 18.5. The smallest absolute Gasteiger partial charge is 0.306 e. The van der Waals surface area contributed by atoms with Gasteiger partial charge in [0, 0.05) is 19.3 Å². The monoisotopic (exact) mass is 897 g/mol. The molecule has 0 amide bonds. The second kappa shape index (κ2) is 53.0. The van der Waals surface area contributed by atoms with Gasteiger partial charge >= 0.3 is 17.9 Å². The van der Waals surface area contributed by atoms with Crippen LogP contribution in [-0.4, -0.2) is 37.2 Å². The summed E-state index contributed by atoms with van der Waals surface area (Å²) in [5.41, 5.74) is 0. The Bertz CT molecular complexity index is 1120. The van der Waals surface area contributed by atoms with E-state index in [0.29, 0.717) is 19.3 Å². The standard InChI is InChI=1S/C58H104O6/c1-4-7-10-13-16-19-22-25-28-29-31-33-36-39-42-45-48-51-57(60)63-54-55(53-62-56(59)50-47-44-41-38-35-32-27-24-21-18-15-12-9-6-3)64-58(61)52-49-46-43-40-37-34-30-26-23-20-17-14-11-8-5-2/h16-17,19-20,25-26,28,30,55H,4-15,18,21-24,27,29,31-54H2,1-3H3/b19-16-,20-17-,28-25-,30-26-/t55-/m1/s1. The number of hydrogen-bond donors (Lipinski definition) is 0. The van der Waals surface area contributed by atoms with E-state index >= 15 is 0 Å². The quantitative estimate of drug-likeness (QED) is 0.0262. The molecular weight excluding hydrogens is 793 g/mol. The fourth-order valence-corrected chi connectivity index (χ4v) is 7.86. The highest BCUT2D eigenvalue weighted by molar-refractivity contribution is 5.71. The highest BCUT2D eigenvalue weighted by atomic mass is 16.6. The first-order chi connectivity index (χ1) is 31.5. The first-order valence-electron chi connectivity index (χ1n) is 27.6. The first-order valence-corrected chi connectivity index (χ1v) is 27.6. The van der Waals surface area contributed by atoms with Crippen LogP contribution < -0.4 is 0 Å². The molecule has 0 rings (SSSR count). The summed E-state index contributed by atoms with van der Waals surface area (Å²) in [6.07, 6.45) is 63.7. The molecule has 0 saturated heterocycles. The maximum Gasteiger partial charge on any atom is 0.306 e. The van der Waals surface area contributed by atoms with Crippen LogP contribution in [0.4, 0.5) is 0 Å². The van der Waals surface area contributed by atoms with Crippen molar-refractivity contribution < 1.29 is 28.6 Å². The summed E-state index contributed by atoms with van der Waals surface area (Å²) >= 11 is 0. The van der Waals surface area contributed by atoms with Crippen LogP contribution in [0.2, 0.25) is 0 Å². The lowest BCUT2D eigenvalue weighted by atomic mass is 10.0. The lowest BCUT2D eigenvalue weighted by Crippen LogP contribution is -2.30. The van der Waals surface area contributed by atoms with E-state index in [1.807, 2.05) is 0 Å². The Labute approximate surface area is 397 Å². The maximum atomic E-state index is 12.8. The van der Waals surface area contributed by atoms with Crippen molar-refractivity contribution in [3.8, 4) is 0 Å². The Morgan fingerprint density at radius 2 is 0.562 bits per heavy atom. The Balaban J connectivity index is 4.39. The van der Waals surface area contributed by atoms with E-state index in [2.05, 4.69) is 69.4 Å². The molecule has 0 N–H and O–H groups in total. The zero-order chi connectivity index (χ0) is 46.5. The number of hydrogen-bond acceptors (Lipinski definition) is 6. The summed E-state index contributed by atoms with van der Waals surface area (Å²) in [5, 5.41) is 0. The van der Waals surface area contributed by atoms with Crippen LogP contribution in [0.15, 0.2) is 48.6 Å². The highest BCUT2D eigenvalue weighted by Crippen LogP contribution is 2.15. The van der Waals surface area contributed by atoms with Crippen LogP contribution >= 0.6 is 0 Å². The second-order valence-corrected chi connectivity index (χ2v) is 18.5. The Hall–Kier alpha value is -2.63. The van der Waals surface area contributed by atoms with Gasteiger partial charge in [-0.2, -0.15) is 0 Å². The van der Waals surface area contributed by atoms with Crippen molar-refractivity contribution in [3.05, 3.63) is 48.6 Å². The van der Waals surface area contributed by atoms with Crippen LogP contribution in [-0.2, 0) is 28.6 Å². The number of rotatable bonds is 50. The minimum absolute atomic E-state index is 0.0788. The average molecular weight is 897 g/mol. The van der Waals surface area contributed by atoms with Crippen molar-refractivity contribution in [2.75, 3.05) is 13.2 Å². The predicted octanol–water partition coefficient (Wildman–Crippen LogP) is 18.3. The fraction of sp³-hybridized carbons (Fsp3) is 0.810. The van der Waals surface area contributed by atoms with Crippen molar-refractivity contribution >= 4 is 17.9 Å². The van der Waals surface area contributed by atoms with Crippen LogP contribution in [0.5, 0.6) is 0 Å². The molecule has 0 aromatic rings. The van der Waals surface area contributed by atoms with E-state index in [1.54, 1.807) is 0 Å². The summed E-state index contributed by atoms with van der Waals surface area (Å²) in [5.74, 6) is -0.889. The summed E-state index contributed by atoms with van der Waals surface area (Å²) in [6.45, 7) is 6.59. The van der Waals surface area contributed by atoms with Gasteiger partial charge in [0.15, 0.2) is 6.10 Å². The zero-order valence-electron chi connectivity index (χ0n) is 42.6. The Morgan fingerprint density at radius 3 is 0.891 bits per heavy atom. The van der Waals surface area contributed by atoms with Crippen LogP contribution in [0.25, 0.3) is 0 Å². The molecule has 1 atom stereocenters. The number of esters is 3. The normalized spacial score (nSPS) is 12.4. The summed E-state index contributed by atoms with van der Waals surface area (Å²) in [4.78, 5) is 38.1. The van der Waals surface area contributed by atoms with Crippen molar-refractivity contribution in [2.45, 2.75) is 290 Å². The lowest BCUT2D eigenvalue weighted by Gasteiger charge is -2.18. The third-order valence-electron chi connectivity index (χ3n) is 12.1. The van der Waals surface area contributed by atoms with Gasteiger partial charge in [0.2, 0.25) is 0 Å². The van der Waals surface area contributed by atoms with E-state index in [4.69, 9.17) is 14.2 Å². The van der Waals surface area contributed by atoms with Gasteiger partial charge in [-0.3, -0.25) is 14.4 Å². The van der Waals surface area contributed by atoms with Gasteiger partial charge in [-0.05, 0) is 83.5 Å². The molecule has 0 heterocycles. The van der Waals surface area contributed by atoms with E-state index in [1.165, 1.54) is 148 Å². The number of carbonyl (C=O) groups is 3. The fourth-order valence-electron chi connectivity index (χ4n) is 7.86. The van der Waals surface area contributed by atoms with Crippen LogP contribution in [0, 0.1) is 0 Å². The van der Waals surface area contributed by atoms with Gasteiger partial charge in [-0.1, -0.05) is 230 Å². The van der Waals surface area contributed by atoms with Crippen molar-refractivity contribution in [3.63, 3.8) is 0 Å². The van der Waals surface area contributed by atoms with Crippen molar-refractivity contribution in [1.82, 2.24) is 0 Å². The topological polar surface area (TPSA) is 78.9 Å². The molecule has 0 aliphatic carbocycles. The minimum Gasteiger partial charge on any atom is -0.462 e. The Kier molecular flexibility index (Phi) is 50.8. The molecule has 0 aliphatic heterocycles. The van der Waals surface area contributed by atoms with Gasteiger partial charge in [0.05, 0.1) is 0 Å². The predicted molar refractivity (Wildman–Crippen MR) is 275 cm³/mol. The molecule has 0 saturated carbocycles. The minimum atomic E-state index is -0.781. The van der Waals surface area contributed by atoms with E-state index in [-0.39, 0.29) is 31.1 Å². The molecular formula is C58H104O6. The third-order valence-corrected chi connectivity index (χ3v) is 12.1. The van der Waals surface area contributed by atoms with E-state index in [0.717, 1.165) is 96.3 Å². The van der Waals surface area contributed by atoms with Gasteiger partial charge in [-0.25, -0.2) is 0 Å². The average Bonchev–Trinajstić information content (AvgIpc) is 3.29. The van der Waals surface area contributed by atoms with Gasteiger partial charge in [-0.15, -0.1) is 0 Å². The molecule has 64 heavy (non-hydrogen) atoms. The van der Waals surface area contributed by atoms with Gasteiger partial charge in [0.1, 0.15) is 13.2 Å². The van der Waals surface area contributed by atoms with Crippen molar-refractivity contribution in [2.24, 2.45) is 0 Å².